The van der Waals surface area contributed by atoms with Crippen LogP contribution in [0.2, 0.25) is 0 Å². The molecule has 4 heteroatoms. The van der Waals surface area contributed by atoms with Crippen LogP contribution in [-0.4, -0.2) is 4.92 Å². The van der Waals surface area contributed by atoms with Gasteiger partial charge in [-0.15, -0.1) is 0 Å². The molecule has 0 spiro atoms. The number of nitro benzene ring substituents is 1. The van der Waals surface area contributed by atoms with Crippen LogP contribution in [0.1, 0.15) is 0 Å². The zero-order chi connectivity index (χ0) is 8.55. The van der Waals surface area contributed by atoms with Crippen LogP contribution in [0, 0.1) is 16.2 Å². The lowest BCUT2D eigenvalue weighted by Gasteiger charge is -1.89. The van der Waals surface area contributed by atoms with Crippen LogP contribution >= 0.6 is 0 Å². The molecule has 1 heterocycles. The smallest absolute Gasteiger partial charge is 0.312 e. The maximum atomic E-state index is 10.4. The Morgan fingerprint density at radius 3 is 3.08 bits per heavy atom. The summed E-state index contributed by atoms with van der Waals surface area (Å²) in [5, 5.41) is 11.1. The van der Waals surface area contributed by atoms with Gasteiger partial charge in [0.2, 0.25) is 5.58 Å². The van der Waals surface area contributed by atoms with Gasteiger partial charge < -0.3 is 4.42 Å². The van der Waals surface area contributed by atoms with Gasteiger partial charge in [-0.3, -0.25) is 10.1 Å². The van der Waals surface area contributed by atoms with Crippen LogP contribution in [0.15, 0.2) is 28.9 Å². The van der Waals surface area contributed by atoms with E-state index < -0.39 is 4.92 Å². The van der Waals surface area contributed by atoms with Crippen molar-refractivity contribution in [3.63, 3.8) is 0 Å². The minimum absolute atomic E-state index is 0.0440. The molecule has 59 valence electrons. The van der Waals surface area contributed by atoms with Crippen molar-refractivity contribution in [2.45, 2.75) is 0 Å². The van der Waals surface area contributed by atoms with Crippen LogP contribution in [0.25, 0.3) is 11.0 Å². The third kappa shape index (κ3) is 0.852. The highest BCUT2D eigenvalue weighted by Gasteiger charge is 2.12. The summed E-state index contributed by atoms with van der Waals surface area (Å²) in [6.07, 6.45) is 1.42. The maximum absolute atomic E-state index is 10.4. The van der Waals surface area contributed by atoms with Gasteiger partial charge in [-0.2, -0.15) is 0 Å². The van der Waals surface area contributed by atoms with Crippen molar-refractivity contribution in [1.82, 2.24) is 0 Å². The molecule has 0 amide bonds. The fourth-order valence-electron chi connectivity index (χ4n) is 1.05. The second kappa shape index (κ2) is 2.34. The van der Waals surface area contributed by atoms with Gasteiger partial charge >= 0.3 is 5.69 Å². The van der Waals surface area contributed by atoms with Crippen molar-refractivity contribution >= 4 is 16.7 Å². The molecule has 0 bridgehead atoms. The largest absolute Gasteiger partial charge is 0.457 e. The minimum atomic E-state index is -0.484. The number of nitro groups is 1. The number of rotatable bonds is 1. The Balaban J connectivity index is 2.82. The number of nitrogens with zero attached hydrogens (tertiary/aromatic N) is 1. The van der Waals surface area contributed by atoms with Gasteiger partial charge in [-0.1, -0.05) is 0 Å². The number of hydrogen-bond donors (Lipinski definition) is 0. The lowest BCUT2D eigenvalue weighted by molar-refractivity contribution is -0.383. The Morgan fingerprint density at radius 2 is 2.33 bits per heavy atom. The lowest BCUT2D eigenvalue weighted by atomic mass is 10.2. The summed E-state index contributed by atoms with van der Waals surface area (Å²) in [6.45, 7) is 0. The Labute approximate surface area is 67.6 Å². The Kier molecular flexibility index (Phi) is 1.33. The van der Waals surface area contributed by atoms with Gasteiger partial charge in [0.05, 0.1) is 11.2 Å². The zero-order valence-corrected chi connectivity index (χ0v) is 5.98. The molecule has 0 aliphatic heterocycles. The molecule has 2 rings (SSSR count). The van der Waals surface area contributed by atoms with E-state index in [1.807, 2.05) is 0 Å². The Bertz CT molecular complexity index is 433. The first-order chi connectivity index (χ1) is 5.79. The average molecular weight is 162 g/mol. The molecule has 1 aromatic heterocycles. The van der Waals surface area contributed by atoms with Gasteiger partial charge in [0.25, 0.3) is 0 Å². The van der Waals surface area contributed by atoms with Crippen molar-refractivity contribution in [3.8, 4) is 0 Å². The first-order valence-corrected chi connectivity index (χ1v) is 3.31. The molecule has 0 fully saturated rings. The summed E-state index contributed by atoms with van der Waals surface area (Å²) in [5.41, 5.74) is 0.260. The zero-order valence-electron chi connectivity index (χ0n) is 5.98. The molecule has 0 aliphatic carbocycles. The first kappa shape index (κ1) is 6.84. The second-order valence-electron chi connectivity index (χ2n) is 2.30. The van der Waals surface area contributed by atoms with E-state index in [1.165, 1.54) is 12.3 Å². The van der Waals surface area contributed by atoms with E-state index in [4.69, 9.17) is 4.42 Å². The normalized spacial score (nSPS) is 10.3. The SMILES string of the molecule is O=[N+]([O-])c1c[c]cc2ccoc12. The summed E-state index contributed by atoms with van der Waals surface area (Å²) in [5.74, 6) is 0. The molecule has 4 nitrogen and oxygen atoms in total. The summed E-state index contributed by atoms with van der Waals surface area (Å²) >= 11 is 0. The molecule has 1 radical (unpaired) electrons. The van der Waals surface area contributed by atoms with E-state index in [-0.39, 0.29) is 5.69 Å². The summed E-state index contributed by atoms with van der Waals surface area (Å²) in [6, 6.07) is 7.28. The van der Waals surface area contributed by atoms with Crippen molar-refractivity contribution in [1.29, 1.82) is 0 Å². The molecule has 0 N–H and O–H groups in total. The molecule has 0 unspecified atom stereocenters. The topological polar surface area (TPSA) is 56.3 Å². The third-order valence-electron chi connectivity index (χ3n) is 1.58. The molecule has 0 atom stereocenters. The van der Waals surface area contributed by atoms with Gasteiger partial charge in [0.15, 0.2) is 0 Å². The Morgan fingerprint density at radius 1 is 1.50 bits per heavy atom. The molecular weight excluding hydrogens is 158 g/mol. The van der Waals surface area contributed by atoms with Crippen molar-refractivity contribution in [3.05, 3.63) is 40.6 Å². The number of hydrogen-bond acceptors (Lipinski definition) is 3. The molecule has 2 aromatic rings. The number of benzene rings is 1. The molecule has 12 heavy (non-hydrogen) atoms. The van der Waals surface area contributed by atoms with Crippen molar-refractivity contribution in [2.75, 3.05) is 0 Å². The highest BCUT2D eigenvalue weighted by atomic mass is 16.6. The first-order valence-electron chi connectivity index (χ1n) is 3.31. The number of furan rings is 1. The minimum Gasteiger partial charge on any atom is -0.457 e. The highest BCUT2D eigenvalue weighted by molar-refractivity contribution is 5.85. The maximum Gasteiger partial charge on any atom is 0.312 e. The molecule has 0 saturated carbocycles. The van der Waals surface area contributed by atoms with E-state index >= 15 is 0 Å². The predicted octanol–water partition coefficient (Wildman–Crippen LogP) is 2.14. The van der Waals surface area contributed by atoms with E-state index in [9.17, 15) is 10.1 Å². The van der Waals surface area contributed by atoms with Crippen LogP contribution in [0.4, 0.5) is 5.69 Å². The van der Waals surface area contributed by atoms with Crippen LogP contribution < -0.4 is 0 Å². The Hall–Kier alpha value is -1.84. The summed E-state index contributed by atoms with van der Waals surface area (Å²) in [7, 11) is 0. The fourth-order valence-corrected chi connectivity index (χ4v) is 1.05. The summed E-state index contributed by atoms with van der Waals surface area (Å²) < 4.78 is 4.95. The quantitative estimate of drug-likeness (QED) is 0.476. The van der Waals surface area contributed by atoms with E-state index in [2.05, 4.69) is 6.07 Å². The van der Waals surface area contributed by atoms with E-state index in [1.54, 1.807) is 12.1 Å². The van der Waals surface area contributed by atoms with Crippen LogP contribution in [-0.2, 0) is 0 Å². The van der Waals surface area contributed by atoms with Gasteiger partial charge in [-0.25, -0.2) is 0 Å². The van der Waals surface area contributed by atoms with Crippen molar-refractivity contribution < 1.29 is 9.34 Å². The molecular formula is C8H4NO3. The van der Waals surface area contributed by atoms with Crippen LogP contribution in [0.3, 0.4) is 0 Å². The predicted molar refractivity (Wildman–Crippen MR) is 41.7 cm³/mol. The third-order valence-corrected chi connectivity index (χ3v) is 1.58. The second-order valence-corrected chi connectivity index (χ2v) is 2.30. The average Bonchev–Trinajstić information content (AvgIpc) is 2.49. The van der Waals surface area contributed by atoms with E-state index in [0.29, 0.717) is 11.0 Å². The number of fused-ring (bicyclic) bond motifs is 1. The van der Waals surface area contributed by atoms with Gasteiger partial charge in [0, 0.05) is 11.5 Å². The standard InChI is InChI=1S/C8H4NO3/c10-9(11)7-3-1-2-6-4-5-12-8(6)7/h2-5H. The fraction of sp³-hybridized carbons (Fsp3) is 0. The van der Waals surface area contributed by atoms with Crippen molar-refractivity contribution in [2.24, 2.45) is 0 Å². The monoisotopic (exact) mass is 162 g/mol. The summed E-state index contributed by atoms with van der Waals surface area (Å²) in [4.78, 5) is 9.95. The molecule has 0 aliphatic rings. The van der Waals surface area contributed by atoms with E-state index in [0.717, 1.165) is 0 Å². The lowest BCUT2D eigenvalue weighted by Crippen LogP contribution is -1.87. The van der Waals surface area contributed by atoms with Gasteiger partial charge in [0.1, 0.15) is 0 Å². The highest BCUT2D eigenvalue weighted by Crippen LogP contribution is 2.25. The van der Waals surface area contributed by atoms with Gasteiger partial charge in [-0.05, 0) is 18.2 Å². The molecule has 0 saturated heterocycles. The number of non-ortho nitro benzene ring substituents is 1. The van der Waals surface area contributed by atoms with Crippen LogP contribution in [0.5, 0.6) is 0 Å². The molecule has 1 aromatic carbocycles.